The molecular weight excluding hydrogens is 963 g/mol. The molecule has 7 rings (SSSR count). The number of aromatic nitrogens is 3. The van der Waals surface area contributed by atoms with Crippen LogP contribution in [0.25, 0.3) is 21.5 Å². The molecule has 0 aliphatic carbocycles. The number of ether oxygens (including phenoxy) is 2. The van der Waals surface area contributed by atoms with E-state index in [9.17, 15) is 56.7 Å². The first-order valence-corrected chi connectivity index (χ1v) is 24.7. The molecule has 0 saturated carbocycles. The predicted octanol–water partition coefficient (Wildman–Crippen LogP) is 7.57. The monoisotopic (exact) mass is 995 g/mol. The summed E-state index contributed by atoms with van der Waals surface area (Å²) in [6.45, 7) is 3.69. The van der Waals surface area contributed by atoms with Crippen molar-refractivity contribution in [3.05, 3.63) is 108 Å². The lowest BCUT2D eigenvalue weighted by atomic mass is 10.1. The normalized spacial score (nSPS) is 12.6. The van der Waals surface area contributed by atoms with Crippen LogP contribution in [0.15, 0.2) is 142 Å². The third-order valence-electron chi connectivity index (χ3n) is 9.16. The van der Waals surface area contributed by atoms with Crippen molar-refractivity contribution < 1.29 is 61.4 Å². The molecule has 0 unspecified atom stereocenters. The van der Waals surface area contributed by atoms with Crippen LogP contribution >= 0.6 is 0 Å². The molecule has 0 spiro atoms. The number of nitrogens with zero attached hydrogens (tertiary/aromatic N) is 6. The van der Waals surface area contributed by atoms with Crippen LogP contribution in [0.5, 0.6) is 11.5 Å². The number of nitrogens with one attached hydrogen (secondary N) is 3. The van der Waals surface area contributed by atoms with Crippen molar-refractivity contribution in [2.45, 2.75) is 33.4 Å². The van der Waals surface area contributed by atoms with Crippen LogP contribution in [0.1, 0.15) is 13.8 Å². The molecule has 348 valence electrons. The second-order valence-corrected chi connectivity index (χ2v) is 19.3. The average Bonchev–Trinajstić information content (AvgIpc) is 3.24. The molecule has 0 fully saturated rings. The zero-order valence-corrected chi connectivity index (χ0v) is 37.5. The molecular formula is C39H33N9O15S4. The Labute approximate surface area is 379 Å². The van der Waals surface area contributed by atoms with Gasteiger partial charge in [0.25, 0.3) is 40.5 Å². The number of H-pyrrole nitrogens is 1. The minimum absolute atomic E-state index is 0.110. The van der Waals surface area contributed by atoms with Gasteiger partial charge in [0.1, 0.15) is 31.1 Å². The molecule has 0 aliphatic rings. The Kier molecular flexibility index (Phi) is 13.2. The fourth-order valence-electron chi connectivity index (χ4n) is 6.49. The number of hydrogen-bond donors (Lipinski definition) is 7. The minimum Gasteiger partial charge on any atom is -0.492 e. The highest BCUT2D eigenvalue weighted by molar-refractivity contribution is 7.87. The SMILES string of the molecule is CCOc1cc(N=Nc2cc(S(=O)(=O)O)c3cccc(S(=O)(=O)O)c3c2)ccc1Nc1nc(Nc2ccc(N=Nc3cc(S(=O)(=O)O)c4cccc(S(=O)(=O)O)c4c3)cc2OCC)[nH]c(=O)n1. The summed E-state index contributed by atoms with van der Waals surface area (Å²) in [5.74, 6) is 0.0361. The molecule has 0 bridgehead atoms. The second kappa shape index (κ2) is 18.5. The summed E-state index contributed by atoms with van der Waals surface area (Å²) in [4.78, 5) is 20.8. The first-order valence-electron chi connectivity index (χ1n) is 18.9. The Morgan fingerprint density at radius 1 is 0.507 bits per heavy atom. The summed E-state index contributed by atoms with van der Waals surface area (Å²) in [6, 6.07) is 19.9. The smallest absolute Gasteiger partial charge is 0.351 e. The molecule has 1 heterocycles. The molecule has 0 saturated heterocycles. The second-order valence-electron chi connectivity index (χ2n) is 13.7. The van der Waals surface area contributed by atoms with Gasteiger partial charge in [-0.05, 0) is 74.5 Å². The number of hydrogen-bond acceptors (Lipinski definition) is 19. The van der Waals surface area contributed by atoms with Gasteiger partial charge in [-0.25, -0.2) is 4.79 Å². The maximum Gasteiger partial charge on any atom is 0.351 e. The van der Waals surface area contributed by atoms with Gasteiger partial charge in [0.2, 0.25) is 11.9 Å². The van der Waals surface area contributed by atoms with Crippen molar-refractivity contribution in [3.63, 3.8) is 0 Å². The summed E-state index contributed by atoms with van der Waals surface area (Å²) in [7, 11) is -19.5. The van der Waals surface area contributed by atoms with Crippen LogP contribution in [0, 0.1) is 0 Å². The van der Waals surface area contributed by atoms with E-state index < -0.39 is 65.7 Å². The van der Waals surface area contributed by atoms with Crippen LogP contribution in [0.4, 0.5) is 46.0 Å². The average molecular weight is 996 g/mol. The van der Waals surface area contributed by atoms with Gasteiger partial charge in [-0.2, -0.15) is 64.1 Å². The van der Waals surface area contributed by atoms with E-state index in [1.165, 1.54) is 60.7 Å². The lowest BCUT2D eigenvalue weighted by molar-refractivity contribution is 0.342. The number of anilines is 4. The predicted molar refractivity (Wildman–Crippen MR) is 240 cm³/mol. The number of azo groups is 2. The Morgan fingerprint density at radius 3 is 1.34 bits per heavy atom. The highest BCUT2D eigenvalue weighted by atomic mass is 32.2. The van der Waals surface area contributed by atoms with E-state index in [1.807, 2.05) is 0 Å². The Hall–Kier alpha value is -7.31. The van der Waals surface area contributed by atoms with Crippen LogP contribution in [0.3, 0.4) is 0 Å². The number of rotatable bonds is 16. The number of benzene rings is 6. The maximum atomic E-state index is 12.7. The minimum atomic E-state index is -4.90. The summed E-state index contributed by atoms with van der Waals surface area (Å²) in [5.41, 5.74) is -0.397. The molecule has 7 aromatic rings. The van der Waals surface area contributed by atoms with E-state index in [1.54, 1.807) is 13.8 Å². The zero-order valence-electron chi connectivity index (χ0n) is 34.2. The summed E-state index contributed by atoms with van der Waals surface area (Å²) < 4.78 is 148. The fraction of sp³-hybridized carbons (Fsp3) is 0.103. The first kappa shape index (κ1) is 47.6. The third-order valence-corrected chi connectivity index (χ3v) is 12.8. The van der Waals surface area contributed by atoms with E-state index in [0.717, 1.165) is 36.4 Å². The summed E-state index contributed by atoms with van der Waals surface area (Å²) in [5, 5.41) is 21.2. The lowest BCUT2D eigenvalue weighted by Crippen LogP contribution is -2.17. The van der Waals surface area contributed by atoms with Crippen LogP contribution in [-0.2, 0) is 40.5 Å². The van der Waals surface area contributed by atoms with Crippen molar-refractivity contribution in [1.29, 1.82) is 0 Å². The van der Waals surface area contributed by atoms with Crippen molar-refractivity contribution in [1.82, 2.24) is 15.0 Å². The lowest BCUT2D eigenvalue weighted by Gasteiger charge is -2.14. The van der Waals surface area contributed by atoms with Gasteiger partial charge in [0.15, 0.2) is 0 Å². The number of aromatic amines is 1. The molecule has 7 N–H and O–H groups in total. The van der Waals surface area contributed by atoms with E-state index in [-0.39, 0.29) is 92.3 Å². The van der Waals surface area contributed by atoms with Crippen molar-refractivity contribution in [2.75, 3.05) is 23.8 Å². The van der Waals surface area contributed by atoms with Crippen LogP contribution in [-0.4, -0.2) is 80.0 Å². The molecule has 24 nitrogen and oxygen atoms in total. The van der Waals surface area contributed by atoms with Crippen LogP contribution in [0.2, 0.25) is 0 Å². The van der Waals surface area contributed by atoms with Crippen molar-refractivity contribution in [3.8, 4) is 11.5 Å². The highest BCUT2D eigenvalue weighted by Crippen LogP contribution is 2.38. The van der Waals surface area contributed by atoms with Gasteiger partial charge in [-0.15, -0.1) is 0 Å². The Bertz CT molecular complexity index is 3480. The van der Waals surface area contributed by atoms with Gasteiger partial charge in [-0.1, -0.05) is 24.3 Å². The largest absolute Gasteiger partial charge is 0.492 e. The maximum absolute atomic E-state index is 12.7. The molecule has 0 atom stereocenters. The van der Waals surface area contributed by atoms with E-state index in [4.69, 9.17) is 9.47 Å². The van der Waals surface area contributed by atoms with Crippen molar-refractivity contribution >= 4 is 108 Å². The van der Waals surface area contributed by atoms with Crippen LogP contribution < -0.4 is 25.8 Å². The molecule has 0 aliphatic heterocycles. The standard InChI is InChI=1S/C39H33N9O15S4/c1-3-62-31-17-21(45-47-23-15-27-25(35(19-23)66(56,57)58)7-5-9-33(27)64(50,51)52)11-13-29(31)40-37-42-38(44-39(49)43-37)41-30-14-12-22(18-32(30)63-4-2)46-48-24-16-28-26(36(20-24)67(59,60)61)8-6-10-34(28)65(53,54)55/h5-20H,3-4H2,1-2H3,(H,50,51,52)(H,53,54,55)(H,56,57,58)(H,59,60,61)(H3,40,41,42,43,44,49). The van der Waals surface area contributed by atoms with E-state index in [0.29, 0.717) is 0 Å². The van der Waals surface area contributed by atoms with Gasteiger partial charge in [-0.3, -0.25) is 23.2 Å². The fourth-order valence-corrected chi connectivity index (χ4v) is 9.34. The van der Waals surface area contributed by atoms with E-state index in [2.05, 4.69) is 46.0 Å². The van der Waals surface area contributed by atoms with Crippen molar-refractivity contribution in [2.24, 2.45) is 20.5 Å². The topological polar surface area (TPSA) is 368 Å². The third kappa shape index (κ3) is 11.0. The van der Waals surface area contributed by atoms with Gasteiger partial charge in [0, 0.05) is 33.7 Å². The zero-order chi connectivity index (χ0) is 48.5. The summed E-state index contributed by atoms with van der Waals surface area (Å²) in [6.07, 6.45) is 0. The molecule has 6 aromatic carbocycles. The molecule has 0 radical (unpaired) electrons. The quantitative estimate of drug-likeness (QED) is 0.0362. The Morgan fingerprint density at radius 2 is 0.925 bits per heavy atom. The molecule has 67 heavy (non-hydrogen) atoms. The Balaban J connectivity index is 1.15. The highest BCUT2D eigenvalue weighted by Gasteiger charge is 2.23. The molecule has 28 heteroatoms. The number of fused-ring (bicyclic) bond motifs is 2. The molecule has 1 aromatic heterocycles. The first-order chi connectivity index (χ1) is 31.5. The van der Waals surface area contributed by atoms with Gasteiger partial charge < -0.3 is 20.1 Å². The van der Waals surface area contributed by atoms with E-state index >= 15 is 0 Å². The van der Waals surface area contributed by atoms with Gasteiger partial charge >= 0.3 is 5.69 Å². The summed E-state index contributed by atoms with van der Waals surface area (Å²) >= 11 is 0. The van der Waals surface area contributed by atoms with Gasteiger partial charge in [0.05, 0.1) is 47.3 Å². The molecule has 0 amide bonds.